The molecule has 0 radical (unpaired) electrons. The number of nitrogens with one attached hydrogen (secondary N) is 1. The number of rotatable bonds is 4. The number of carbonyl (C=O) groups is 1. The number of amides is 1. The molecule has 0 unspecified atom stereocenters. The van der Waals surface area contributed by atoms with Crippen LogP contribution in [0.4, 0.5) is 28.9 Å². The molecular weight excluding hydrogens is 312 g/mol. The Morgan fingerprint density at radius 2 is 1.61 bits per heavy atom. The smallest absolute Gasteiger partial charge is 0.226 e. The molecule has 0 saturated carbocycles. The summed E-state index contributed by atoms with van der Waals surface area (Å²) in [5.74, 6) is -6.30. The molecule has 0 bridgehead atoms. The maximum atomic E-state index is 13.7. The lowest BCUT2D eigenvalue weighted by Crippen LogP contribution is -2.23. The number of halogens is 4. The van der Waals surface area contributed by atoms with Crippen molar-refractivity contribution >= 4 is 17.3 Å². The van der Waals surface area contributed by atoms with Gasteiger partial charge in [-0.15, -0.1) is 0 Å². The molecule has 0 aliphatic carbocycles. The van der Waals surface area contributed by atoms with Crippen molar-refractivity contribution in [3.63, 3.8) is 0 Å². The van der Waals surface area contributed by atoms with Gasteiger partial charge in [-0.25, -0.2) is 17.6 Å². The fraction of sp³-hybridized carbons (Fsp3) is 0.188. The molecule has 2 aromatic rings. The highest BCUT2D eigenvalue weighted by atomic mass is 19.2. The molecule has 0 atom stereocenters. The normalized spacial score (nSPS) is 10.5. The lowest BCUT2D eigenvalue weighted by molar-refractivity contribution is -0.127. The topological polar surface area (TPSA) is 32.3 Å². The fourth-order valence-corrected chi connectivity index (χ4v) is 1.94. The van der Waals surface area contributed by atoms with Crippen LogP contribution in [0.1, 0.15) is 5.56 Å². The Morgan fingerprint density at radius 3 is 2.17 bits per heavy atom. The minimum Gasteiger partial charge on any atom is -0.350 e. The molecule has 0 aromatic heterocycles. The van der Waals surface area contributed by atoms with E-state index in [2.05, 4.69) is 5.32 Å². The van der Waals surface area contributed by atoms with Crippen LogP contribution in [0.25, 0.3) is 0 Å². The number of nitrogens with zero attached hydrogens (tertiary/aromatic N) is 1. The summed E-state index contributed by atoms with van der Waals surface area (Å²) in [6.07, 6.45) is -0.0305. The Morgan fingerprint density at radius 1 is 1.04 bits per heavy atom. The maximum Gasteiger partial charge on any atom is 0.226 e. The predicted molar refractivity (Wildman–Crippen MR) is 78.4 cm³/mol. The van der Waals surface area contributed by atoms with Crippen LogP contribution in [0.15, 0.2) is 30.3 Å². The first-order valence-electron chi connectivity index (χ1n) is 6.69. The Kier molecular flexibility index (Phi) is 4.88. The van der Waals surface area contributed by atoms with Gasteiger partial charge >= 0.3 is 0 Å². The second kappa shape index (κ2) is 6.68. The molecule has 122 valence electrons. The van der Waals surface area contributed by atoms with E-state index < -0.39 is 29.0 Å². The zero-order chi connectivity index (χ0) is 17.1. The molecule has 2 aromatic carbocycles. The van der Waals surface area contributed by atoms with Gasteiger partial charge in [0.1, 0.15) is 5.69 Å². The molecule has 2 rings (SSSR count). The van der Waals surface area contributed by atoms with Crippen molar-refractivity contribution in [2.75, 3.05) is 19.4 Å². The first-order chi connectivity index (χ1) is 10.8. The van der Waals surface area contributed by atoms with Crippen LogP contribution < -0.4 is 5.32 Å². The van der Waals surface area contributed by atoms with Crippen LogP contribution in [0.2, 0.25) is 0 Å². The van der Waals surface area contributed by atoms with Gasteiger partial charge in [-0.05, 0) is 11.6 Å². The highest BCUT2D eigenvalue weighted by Crippen LogP contribution is 2.29. The van der Waals surface area contributed by atoms with E-state index in [-0.39, 0.29) is 24.1 Å². The number of benzene rings is 2. The third-order valence-corrected chi connectivity index (χ3v) is 3.23. The lowest BCUT2D eigenvalue weighted by atomic mass is 10.1. The Hall–Kier alpha value is -2.57. The highest BCUT2D eigenvalue weighted by Gasteiger charge is 2.20. The van der Waals surface area contributed by atoms with E-state index in [1.807, 2.05) is 0 Å². The molecule has 0 spiro atoms. The van der Waals surface area contributed by atoms with Crippen LogP contribution in [0.5, 0.6) is 0 Å². The van der Waals surface area contributed by atoms with Crippen molar-refractivity contribution in [3.05, 3.63) is 59.2 Å². The van der Waals surface area contributed by atoms with Gasteiger partial charge in [-0.2, -0.15) is 0 Å². The zero-order valence-electron chi connectivity index (χ0n) is 12.5. The van der Waals surface area contributed by atoms with Gasteiger partial charge in [0.25, 0.3) is 0 Å². The minimum absolute atomic E-state index is 0.0305. The summed E-state index contributed by atoms with van der Waals surface area (Å²) in [5, 5.41) is 2.33. The van der Waals surface area contributed by atoms with E-state index in [0.29, 0.717) is 5.56 Å². The Balaban J connectivity index is 2.41. The summed E-state index contributed by atoms with van der Waals surface area (Å²) in [6, 6.07) is 6.38. The number of anilines is 2. The zero-order valence-corrected chi connectivity index (χ0v) is 12.5. The molecule has 0 saturated heterocycles. The number of carbonyl (C=O) groups excluding carboxylic acids is 1. The van der Waals surface area contributed by atoms with Crippen molar-refractivity contribution in [2.45, 2.75) is 6.42 Å². The third-order valence-electron chi connectivity index (χ3n) is 3.23. The van der Waals surface area contributed by atoms with E-state index >= 15 is 0 Å². The van der Waals surface area contributed by atoms with Gasteiger partial charge in [0.2, 0.25) is 5.91 Å². The lowest BCUT2D eigenvalue weighted by Gasteiger charge is -2.15. The van der Waals surface area contributed by atoms with Crippen LogP contribution in [-0.2, 0) is 11.2 Å². The first kappa shape index (κ1) is 16.8. The van der Waals surface area contributed by atoms with Crippen molar-refractivity contribution in [2.24, 2.45) is 0 Å². The van der Waals surface area contributed by atoms with Crippen molar-refractivity contribution in [1.82, 2.24) is 4.90 Å². The SMILES string of the molecule is CN(C)C(=O)Cc1ccccc1Nc1c(F)c(F)cc(F)c1F. The van der Waals surface area contributed by atoms with E-state index in [1.54, 1.807) is 32.3 Å². The molecule has 23 heavy (non-hydrogen) atoms. The van der Waals surface area contributed by atoms with Gasteiger partial charge in [0.15, 0.2) is 23.3 Å². The minimum atomic E-state index is -1.53. The number of likely N-dealkylation sites (N-methyl/N-ethyl adjacent to an activating group) is 1. The van der Waals surface area contributed by atoms with E-state index in [9.17, 15) is 22.4 Å². The second-order valence-corrected chi connectivity index (χ2v) is 5.09. The summed E-state index contributed by atoms with van der Waals surface area (Å²) in [4.78, 5) is 13.1. The average Bonchev–Trinajstić information content (AvgIpc) is 2.51. The molecule has 1 N–H and O–H groups in total. The third kappa shape index (κ3) is 3.61. The van der Waals surface area contributed by atoms with Crippen LogP contribution in [0, 0.1) is 23.3 Å². The van der Waals surface area contributed by atoms with E-state index in [4.69, 9.17) is 0 Å². The van der Waals surface area contributed by atoms with E-state index in [0.717, 1.165) is 0 Å². The molecule has 0 fully saturated rings. The Bertz CT molecular complexity index is 721. The quantitative estimate of drug-likeness (QED) is 0.687. The second-order valence-electron chi connectivity index (χ2n) is 5.09. The summed E-state index contributed by atoms with van der Waals surface area (Å²) in [5.41, 5.74) is -0.313. The predicted octanol–water partition coefficient (Wildman–Crippen LogP) is 3.62. The molecule has 0 aliphatic heterocycles. The molecule has 1 amide bonds. The van der Waals surface area contributed by atoms with Gasteiger partial charge in [0, 0.05) is 25.8 Å². The summed E-state index contributed by atoms with van der Waals surface area (Å²) >= 11 is 0. The molecule has 0 heterocycles. The average molecular weight is 326 g/mol. The number of hydrogen-bond acceptors (Lipinski definition) is 2. The maximum absolute atomic E-state index is 13.7. The summed E-state index contributed by atoms with van der Waals surface area (Å²) < 4.78 is 54.0. The molecular formula is C16H14F4N2O. The van der Waals surface area contributed by atoms with Gasteiger partial charge in [0.05, 0.1) is 6.42 Å². The fourth-order valence-electron chi connectivity index (χ4n) is 1.94. The largest absolute Gasteiger partial charge is 0.350 e. The Labute approximate surface area is 130 Å². The molecule has 3 nitrogen and oxygen atoms in total. The number of hydrogen-bond donors (Lipinski definition) is 1. The van der Waals surface area contributed by atoms with Gasteiger partial charge < -0.3 is 10.2 Å². The van der Waals surface area contributed by atoms with Crippen LogP contribution in [-0.4, -0.2) is 24.9 Å². The van der Waals surface area contributed by atoms with Crippen molar-refractivity contribution in [3.8, 4) is 0 Å². The van der Waals surface area contributed by atoms with Crippen molar-refractivity contribution < 1.29 is 22.4 Å². The standard InChI is InChI=1S/C16H14F4N2O/c1-22(2)13(23)7-9-5-3-4-6-12(9)21-16-14(19)10(17)8-11(18)15(16)20/h3-6,8,21H,7H2,1-2H3. The van der Waals surface area contributed by atoms with Crippen LogP contribution in [0.3, 0.4) is 0 Å². The molecule has 7 heteroatoms. The van der Waals surface area contributed by atoms with Crippen LogP contribution >= 0.6 is 0 Å². The van der Waals surface area contributed by atoms with Gasteiger partial charge in [-0.3, -0.25) is 4.79 Å². The number of para-hydroxylation sites is 1. The van der Waals surface area contributed by atoms with Gasteiger partial charge in [-0.1, -0.05) is 18.2 Å². The molecule has 0 aliphatic rings. The van der Waals surface area contributed by atoms with Crippen molar-refractivity contribution in [1.29, 1.82) is 0 Å². The highest BCUT2D eigenvalue weighted by molar-refractivity contribution is 5.81. The summed E-state index contributed by atoms with van der Waals surface area (Å²) in [6.45, 7) is 0. The van der Waals surface area contributed by atoms with E-state index in [1.165, 1.54) is 11.0 Å². The summed E-state index contributed by atoms with van der Waals surface area (Å²) in [7, 11) is 3.14. The monoisotopic (exact) mass is 326 g/mol. The first-order valence-corrected chi connectivity index (χ1v) is 6.69.